The lowest BCUT2D eigenvalue weighted by Gasteiger charge is -2.09. The highest BCUT2D eigenvalue weighted by molar-refractivity contribution is 14.1. The van der Waals surface area contributed by atoms with Crippen molar-refractivity contribution in [3.05, 3.63) is 57.7 Å². The number of ether oxygens (including phenoxy) is 1. The zero-order chi connectivity index (χ0) is 13.7. The van der Waals surface area contributed by atoms with Gasteiger partial charge in [0.15, 0.2) is 0 Å². The molecule has 0 saturated carbocycles. The minimum atomic E-state index is 0.606. The number of benzene rings is 2. The second-order valence-corrected chi connectivity index (χ2v) is 4.92. The summed E-state index contributed by atoms with van der Waals surface area (Å²) in [5.74, 6) is 6.90. The van der Waals surface area contributed by atoms with Crippen LogP contribution in [0.4, 0.5) is 5.69 Å². The van der Waals surface area contributed by atoms with Gasteiger partial charge >= 0.3 is 0 Å². The topological polar surface area (TPSA) is 59.6 Å². The molecule has 98 valence electrons. The lowest BCUT2D eigenvalue weighted by molar-refractivity contribution is 0.416. The third-order valence-electron chi connectivity index (χ3n) is 2.58. The fraction of sp³-hybridized carbons (Fsp3) is 0.0714. The van der Waals surface area contributed by atoms with Crippen LogP contribution in [-0.2, 0) is 0 Å². The fourth-order valence-corrected chi connectivity index (χ4v) is 2.31. The van der Waals surface area contributed by atoms with E-state index in [0.29, 0.717) is 11.6 Å². The van der Waals surface area contributed by atoms with Gasteiger partial charge in [0, 0.05) is 9.13 Å². The van der Waals surface area contributed by atoms with E-state index < -0.39 is 0 Å². The van der Waals surface area contributed by atoms with E-state index in [9.17, 15) is 0 Å². The molecule has 2 aromatic carbocycles. The monoisotopic (exact) mass is 367 g/mol. The van der Waals surface area contributed by atoms with Gasteiger partial charge in [0.1, 0.15) is 17.3 Å². The zero-order valence-corrected chi connectivity index (χ0v) is 12.6. The largest absolute Gasteiger partial charge is 0.494 e. The summed E-state index contributed by atoms with van der Waals surface area (Å²) in [7, 11) is 1.62. The molecule has 0 atom stereocenters. The van der Waals surface area contributed by atoms with Crippen molar-refractivity contribution in [2.75, 3.05) is 7.11 Å². The molecular weight excluding hydrogens is 353 g/mol. The molecule has 2 aromatic rings. The predicted molar refractivity (Wildman–Crippen MR) is 85.7 cm³/mol. The van der Waals surface area contributed by atoms with Gasteiger partial charge in [-0.1, -0.05) is 30.3 Å². The molecule has 0 aliphatic carbocycles. The number of halogens is 1. The van der Waals surface area contributed by atoms with Crippen molar-refractivity contribution in [1.82, 2.24) is 5.43 Å². The first-order chi connectivity index (χ1) is 9.26. The third kappa shape index (κ3) is 3.24. The average molecular weight is 367 g/mol. The summed E-state index contributed by atoms with van der Waals surface area (Å²) in [4.78, 5) is 4.53. The Bertz CT molecular complexity index is 599. The van der Waals surface area contributed by atoms with E-state index in [1.165, 1.54) is 0 Å². The molecule has 0 aliphatic rings. The van der Waals surface area contributed by atoms with Gasteiger partial charge in [0.05, 0.1) is 7.11 Å². The number of hydrogen-bond donors (Lipinski definition) is 2. The normalized spacial score (nSPS) is 11.2. The number of hydrazine groups is 1. The van der Waals surface area contributed by atoms with Crippen molar-refractivity contribution >= 4 is 34.1 Å². The summed E-state index contributed by atoms with van der Waals surface area (Å²) in [5, 5.41) is 0. The van der Waals surface area contributed by atoms with Crippen molar-refractivity contribution < 1.29 is 4.74 Å². The second kappa shape index (κ2) is 6.53. The summed E-state index contributed by atoms with van der Waals surface area (Å²) >= 11 is 2.25. The van der Waals surface area contributed by atoms with Crippen molar-refractivity contribution in [2.45, 2.75) is 0 Å². The van der Waals surface area contributed by atoms with E-state index in [1.54, 1.807) is 7.11 Å². The molecule has 0 saturated heterocycles. The Morgan fingerprint density at radius 1 is 1.16 bits per heavy atom. The molecule has 0 heterocycles. The van der Waals surface area contributed by atoms with E-state index in [1.807, 2.05) is 48.5 Å². The molecule has 2 rings (SSSR count). The third-order valence-corrected chi connectivity index (χ3v) is 3.52. The van der Waals surface area contributed by atoms with Gasteiger partial charge in [-0.15, -0.1) is 0 Å². The van der Waals surface area contributed by atoms with E-state index in [2.05, 4.69) is 33.0 Å². The molecule has 0 aliphatic heterocycles. The van der Waals surface area contributed by atoms with Crippen LogP contribution in [0.3, 0.4) is 0 Å². The van der Waals surface area contributed by atoms with Crippen LogP contribution in [0.2, 0.25) is 0 Å². The van der Waals surface area contributed by atoms with Gasteiger partial charge in [-0.2, -0.15) is 0 Å². The van der Waals surface area contributed by atoms with E-state index in [0.717, 1.165) is 14.8 Å². The molecule has 0 unspecified atom stereocenters. The first-order valence-corrected chi connectivity index (χ1v) is 6.77. The van der Waals surface area contributed by atoms with Crippen LogP contribution < -0.4 is 16.0 Å². The highest BCUT2D eigenvalue weighted by Gasteiger charge is 2.07. The Labute approximate surface area is 125 Å². The molecule has 19 heavy (non-hydrogen) atoms. The average Bonchev–Trinajstić information content (AvgIpc) is 2.46. The summed E-state index contributed by atoms with van der Waals surface area (Å²) in [6, 6.07) is 15.5. The molecule has 0 radical (unpaired) electrons. The molecule has 0 fully saturated rings. The smallest absolute Gasteiger partial charge is 0.149 e. The molecular formula is C14H14IN3O. The van der Waals surface area contributed by atoms with Gasteiger partial charge in [0.2, 0.25) is 0 Å². The summed E-state index contributed by atoms with van der Waals surface area (Å²) in [6.07, 6.45) is 0. The molecule has 5 heteroatoms. The highest BCUT2D eigenvalue weighted by atomic mass is 127. The van der Waals surface area contributed by atoms with E-state index in [4.69, 9.17) is 10.6 Å². The lowest BCUT2D eigenvalue weighted by atomic mass is 10.2. The number of nitrogens with two attached hydrogens (primary N) is 1. The van der Waals surface area contributed by atoms with Crippen LogP contribution in [0, 0.1) is 3.57 Å². The predicted octanol–water partition coefficient (Wildman–Crippen LogP) is 2.84. The molecule has 0 bridgehead atoms. The minimum Gasteiger partial charge on any atom is -0.494 e. The number of nitrogens with zero attached hydrogens (tertiary/aromatic N) is 1. The van der Waals surface area contributed by atoms with Crippen LogP contribution >= 0.6 is 22.6 Å². The summed E-state index contributed by atoms with van der Waals surface area (Å²) < 4.78 is 6.35. The van der Waals surface area contributed by atoms with Crippen LogP contribution in [0.1, 0.15) is 5.56 Å². The lowest BCUT2D eigenvalue weighted by Crippen LogP contribution is -2.31. The van der Waals surface area contributed by atoms with Crippen LogP contribution in [0.5, 0.6) is 5.75 Å². The van der Waals surface area contributed by atoms with Crippen molar-refractivity contribution in [3.63, 3.8) is 0 Å². The van der Waals surface area contributed by atoms with E-state index >= 15 is 0 Å². The second-order valence-electron chi connectivity index (χ2n) is 3.76. The van der Waals surface area contributed by atoms with E-state index in [-0.39, 0.29) is 0 Å². The minimum absolute atomic E-state index is 0.606. The maximum atomic E-state index is 5.59. The van der Waals surface area contributed by atoms with Crippen LogP contribution in [-0.4, -0.2) is 12.9 Å². The number of rotatable bonds is 3. The van der Waals surface area contributed by atoms with Crippen molar-refractivity contribution in [2.24, 2.45) is 10.8 Å². The molecule has 0 spiro atoms. The maximum absolute atomic E-state index is 5.59. The number of hydrogen-bond acceptors (Lipinski definition) is 3. The number of aliphatic imine (C=N–C) groups is 1. The fourth-order valence-electron chi connectivity index (χ4n) is 1.67. The summed E-state index contributed by atoms with van der Waals surface area (Å²) in [6.45, 7) is 0. The van der Waals surface area contributed by atoms with Crippen molar-refractivity contribution in [3.8, 4) is 5.75 Å². The van der Waals surface area contributed by atoms with Gasteiger partial charge in [0.25, 0.3) is 0 Å². The molecule has 0 aromatic heterocycles. The first-order valence-electron chi connectivity index (χ1n) is 5.69. The number of nitrogens with one attached hydrogen (secondary N) is 1. The zero-order valence-electron chi connectivity index (χ0n) is 10.4. The van der Waals surface area contributed by atoms with Gasteiger partial charge in [-0.25, -0.2) is 10.8 Å². The number of para-hydroxylation sites is 2. The standard InChI is InChI=1S/C14H14IN3O/c1-19-13-9-5-4-8-12(13)17-14(18-16)10-6-2-3-7-11(10)15/h2-9H,16H2,1H3,(H,17,18). The first kappa shape index (κ1) is 13.8. The highest BCUT2D eigenvalue weighted by Crippen LogP contribution is 2.27. The Kier molecular flexibility index (Phi) is 4.75. The SMILES string of the molecule is COc1ccccc1N=C(NN)c1ccccc1I. The molecule has 3 N–H and O–H groups in total. The maximum Gasteiger partial charge on any atom is 0.149 e. The van der Waals surface area contributed by atoms with Crippen LogP contribution in [0.25, 0.3) is 0 Å². The Balaban J connectivity index is 2.47. The summed E-state index contributed by atoms with van der Waals surface area (Å²) in [5.41, 5.74) is 4.34. The van der Waals surface area contributed by atoms with Gasteiger partial charge < -0.3 is 10.2 Å². The van der Waals surface area contributed by atoms with Gasteiger partial charge in [-0.05, 0) is 40.8 Å². The Morgan fingerprint density at radius 2 is 1.84 bits per heavy atom. The van der Waals surface area contributed by atoms with Crippen LogP contribution in [0.15, 0.2) is 53.5 Å². The Hall–Kier alpha value is -1.60. The molecule has 4 nitrogen and oxygen atoms in total. The number of amidine groups is 1. The number of methoxy groups -OCH3 is 1. The van der Waals surface area contributed by atoms with Crippen molar-refractivity contribution in [1.29, 1.82) is 0 Å². The van der Waals surface area contributed by atoms with Gasteiger partial charge in [-0.3, -0.25) is 0 Å². The quantitative estimate of drug-likeness (QED) is 0.288. The Morgan fingerprint density at radius 3 is 2.53 bits per heavy atom. The molecule has 0 amide bonds.